The van der Waals surface area contributed by atoms with Gasteiger partial charge in [-0.25, -0.2) is 0 Å². The summed E-state index contributed by atoms with van der Waals surface area (Å²) >= 11 is 3.33. The van der Waals surface area contributed by atoms with Crippen LogP contribution in [0.2, 0.25) is 0 Å². The van der Waals surface area contributed by atoms with Crippen LogP contribution in [0.3, 0.4) is 0 Å². The van der Waals surface area contributed by atoms with Crippen LogP contribution in [-0.2, 0) is 0 Å². The van der Waals surface area contributed by atoms with Crippen molar-refractivity contribution in [2.24, 2.45) is 5.73 Å². The molecule has 0 unspecified atom stereocenters. The second-order valence-corrected chi connectivity index (χ2v) is 5.89. The van der Waals surface area contributed by atoms with E-state index in [1.807, 2.05) is 0 Å². The smallest absolute Gasteiger partial charge is 0.253 e. The summed E-state index contributed by atoms with van der Waals surface area (Å²) in [6, 6.07) is 11.8. The topological polar surface area (TPSA) is 90.7 Å². The van der Waals surface area contributed by atoms with Crippen molar-refractivity contribution in [3.8, 4) is 23.3 Å². The van der Waals surface area contributed by atoms with Gasteiger partial charge in [-0.05, 0) is 46.3 Å². The molecule has 0 fully saturated rings. The molecular formula is C19H17BrN2O4. The zero-order chi connectivity index (χ0) is 18.9. The number of para-hydroxylation sites is 1. The lowest BCUT2D eigenvalue weighted by molar-refractivity contribution is 0.0955. The average molecular weight is 417 g/mol. The van der Waals surface area contributed by atoms with Crippen LogP contribution in [0.1, 0.15) is 20.7 Å². The van der Waals surface area contributed by atoms with Gasteiger partial charge in [-0.3, -0.25) is 9.59 Å². The first-order valence-corrected chi connectivity index (χ1v) is 8.41. The molecule has 0 atom stereocenters. The first-order chi connectivity index (χ1) is 12.5. The van der Waals surface area contributed by atoms with Gasteiger partial charge in [-0.2, -0.15) is 0 Å². The van der Waals surface area contributed by atoms with Gasteiger partial charge in [-0.1, -0.05) is 24.0 Å². The quantitative estimate of drug-likeness (QED) is 0.707. The predicted molar refractivity (Wildman–Crippen MR) is 101 cm³/mol. The van der Waals surface area contributed by atoms with Crippen LogP contribution in [0.25, 0.3) is 0 Å². The summed E-state index contributed by atoms with van der Waals surface area (Å²) in [4.78, 5) is 23.4. The zero-order valence-electron chi connectivity index (χ0n) is 14.0. The SMILES string of the molecule is COc1ccc(Br)c(C(=O)NCC#CCOc2ccccc2C(N)=O)c1. The van der Waals surface area contributed by atoms with Crippen LogP contribution in [0, 0.1) is 11.8 Å². The first kappa shape index (κ1) is 19.3. The number of primary amides is 1. The molecule has 0 aromatic heterocycles. The molecule has 0 aliphatic rings. The second kappa shape index (κ2) is 9.49. The van der Waals surface area contributed by atoms with Crippen LogP contribution >= 0.6 is 15.9 Å². The predicted octanol–water partition coefficient (Wildman–Crippen LogP) is 2.37. The monoisotopic (exact) mass is 416 g/mol. The van der Waals surface area contributed by atoms with Crippen molar-refractivity contribution in [2.45, 2.75) is 0 Å². The number of carbonyl (C=O) groups is 2. The molecule has 134 valence electrons. The van der Waals surface area contributed by atoms with Crippen molar-refractivity contribution < 1.29 is 19.1 Å². The number of ether oxygens (including phenoxy) is 2. The van der Waals surface area contributed by atoms with Crippen molar-refractivity contribution in [2.75, 3.05) is 20.3 Å². The summed E-state index contributed by atoms with van der Waals surface area (Å²) in [6.07, 6.45) is 0. The van der Waals surface area contributed by atoms with Gasteiger partial charge in [0.25, 0.3) is 11.8 Å². The molecule has 0 saturated heterocycles. The number of nitrogens with two attached hydrogens (primary N) is 1. The van der Waals surface area contributed by atoms with E-state index >= 15 is 0 Å². The standard InChI is InChI=1S/C19H17BrN2O4/c1-25-13-8-9-16(20)15(12-13)19(24)22-10-4-5-11-26-17-7-3-2-6-14(17)18(21)23/h2-3,6-9,12H,10-11H2,1H3,(H2,21,23)(H,22,24). The van der Waals surface area contributed by atoms with Crippen molar-refractivity contribution in [3.63, 3.8) is 0 Å². The summed E-state index contributed by atoms with van der Waals surface area (Å²) in [5.41, 5.74) is 6.03. The lowest BCUT2D eigenvalue weighted by Gasteiger charge is -2.07. The number of carbonyl (C=O) groups excluding carboxylic acids is 2. The molecule has 2 aromatic carbocycles. The number of halogens is 1. The van der Waals surface area contributed by atoms with Crippen LogP contribution in [0.4, 0.5) is 0 Å². The molecule has 0 bridgehead atoms. The van der Waals surface area contributed by atoms with E-state index in [9.17, 15) is 9.59 Å². The minimum atomic E-state index is -0.565. The molecule has 6 nitrogen and oxygen atoms in total. The van der Waals surface area contributed by atoms with E-state index in [1.165, 1.54) is 7.11 Å². The van der Waals surface area contributed by atoms with Crippen LogP contribution < -0.4 is 20.5 Å². The normalized spacial score (nSPS) is 9.62. The van der Waals surface area contributed by atoms with Crippen molar-refractivity contribution >= 4 is 27.7 Å². The largest absolute Gasteiger partial charge is 0.497 e. The third kappa shape index (κ3) is 5.26. The Morgan fingerprint density at radius 1 is 1.15 bits per heavy atom. The number of amides is 2. The maximum absolute atomic E-state index is 12.2. The van der Waals surface area contributed by atoms with Gasteiger partial charge in [0, 0.05) is 4.47 Å². The molecule has 0 aliphatic carbocycles. The fourth-order valence-corrected chi connectivity index (χ4v) is 2.48. The van der Waals surface area contributed by atoms with E-state index in [0.29, 0.717) is 27.1 Å². The number of benzene rings is 2. The van der Waals surface area contributed by atoms with Gasteiger partial charge < -0.3 is 20.5 Å². The maximum atomic E-state index is 12.2. The maximum Gasteiger partial charge on any atom is 0.253 e. The summed E-state index contributed by atoms with van der Waals surface area (Å²) in [6.45, 7) is 0.228. The Kier molecular flexibility index (Phi) is 7.06. The highest BCUT2D eigenvalue weighted by atomic mass is 79.9. The van der Waals surface area contributed by atoms with Gasteiger partial charge in [0.2, 0.25) is 0 Å². The third-order valence-corrected chi connectivity index (χ3v) is 4.02. The van der Waals surface area contributed by atoms with Crippen LogP contribution in [0.5, 0.6) is 11.5 Å². The summed E-state index contributed by atoms with van der Waals surface area (Å²) < 4.78 is 11.2. The third-order valence-electron chi connectivity index (χ3n) is 3.33. The Balaban J connectivity index is 1.86. The molecule has 0 saturated carbocycles. The minimum Gasteiger partial charge on any atom is -0.497 e. The summed E-state index contributed by atoms with van der Waals surface area (Å²) in [5.74, 6) is 5.68. The highest BCUT2D eigenvalue weighted by molar-refractivity contribution is 9.10. The minimum absolute atomic E-state index is 0.0724. The molecule has 2 aromatic rings. The van der Waals surface area contributed by atoms with E-state index in [1.54, 1.807) is 42.5 Å². The lowest BCUT2D eigenvalue weighted by atomic mass is 10.2. The molecule has 3 N–H and O–H groups in total. The summed E-state index contributed by atoms with van der Waals surface area (Å²) in [5, 5.41) is 2.69. The van der Waals surface area contributed by atoms with Gasteiger partial charge in [0.05, 0.1) is 24.8 Å². The van der Waals surface area contributed by atoms with Crippen LogP contribution in [-0.4, -0.2) is 32.1 Å². The van der Waals surface area contributed by atoms with Crippen molar-refractivity contribution in [1.82, 2.24) is 5.32 Å². The van der Waals surface area contributed by atoms with Crippen molar-refractivity contribution in [1.29, 1.82) is 0 Å². The molecule has 0 radical (unpaired) electrons. The molecule has 0 heterocycles. The van der Waals surface area contributed by atoms with Gasteiger partial charge in [-0.15, -0.1) is 0 Å². The Morgan fingerprint density at radius 3 is 2.65 bits per heavy atom. The molecular weight excluding hydrogens is 400 g/mol. The van der Waals surface area contributed by atoms with E-state index in [-0.39, 0.29) is 19.1 Å². The molecule has 2 amide bonds. The Morgan fingerprint density at radius 2 is 1.92 bits per heavy atom. The molecule has 0 spiro atoms. The molecule has 0 aliphatic heterocycles. The van der Waals surface area contributed by atoms with Crippen molar-refractivity contribution in [3.05, 3.63) is 58.1 Å². The number of hydrogen-bond donors (Lipinski definition) is 2. The van der Waals surface area contributed by atoms with E-state index in [0.717, 1.165) is 0 Å². The van der Waals surface area contributed by atoms with E-state index in [4.69, 9.17) is 15.2 Å². The number of hydrogen-bond acceptors (Lipinski definition) is 4. The molecule has 2 rings (SSSR count). The fourth-order valence-electron chi connectivity index (χ4n) is 2.05. The van der Waals surface area contributed by atoms with Gasteiger partial charge in [0.1, 0.15) is 18.1 Å². The highest BCUT2D eigenvalue weighted by Crippen LogP contribution is 2.22. The number of rotatable bonds is 6. The number of nitrogens with one attached hydrogen (secondary N) is 1. The molecule has 26 heavy (non-hydrogen) atoms. The van der Waals surface area contributed by atoms with Gasteiger partial charge >= 0.3 is 0 Å². The second-order valence-electron chi connectivity index (χ2n) is 5.03. The van der Waals surface area contributed by atoms with E-state index in [2.05, 4.69) is 33.1 Å². The first-order valence-electron chi connectivity index (χ1n) is 7.62. The fraction of sp³-hybridized carbons (Fsp3) is 0.158. The Labute approximate surface area is 159 Å². The van der Waals surface area contributed by atoms with Crippen LogP contribution in [0.15, 0.2) is 46.9 Å². The molecule has 7 heteroatoms. The van der Waals surface area contributed by atoms with E-state index < -0.39 is 5.91 Å². The average Bonchev–Trinajstić information content (AvgIpc) is 2.65. The van der Waals surface area contributed by atoms with Gasteiger partial charge in [0.15, 0.2) is 0 Å². The Bertz CT molecular complexity index is 871. The number of methoxy groups -OCH3 is 1. The lowest BCUT2D eigenvalue weighted by Crippen LogP contribution is -2.24. The summed E-state index contributed by atoms with van der Waals surface area (Å²) in [7, 11) is 1.53. The highest BCUT2D eigenvalue weighted by Gasteiger charge is 2.10. The Hall–Kier alpha value is -2.98. The zero-order valence-corrected chi connectivity index (χ0v) is 15.6.